The van der Waals surface area contributed by atoms with Gasteiger partial charge in [0.15, 0.2) is 0 Å². The Hall–Kier alpha value is -2.30. The van der Waals surface area contributed by atoms with Gasteiger partial charge in [0.25, 0.3) is 0 Å². The quantitative estimate of drug-likeness (QED) is 0.627. The van der Waals surface area contributed by atoms with E-state index in [4.69, 9.17) is 13.9 Å². The van der Waals surface area contributed by atoms with Gasteiger partial charge in [0.2, 0.25) is 0 Å². The lowest BCUT2D eigenvalue weighted by molar-refractivity contribution is 0.0373. The topological polar surface area (TPSA) is 65.7 Å². The van der Waals surface area contributed by atoms with Crippen LogP contribution >= 0.6 is 0 Å². The zero-order valence-electron chi connectivity index (χ0n) is 10.9. The monoisotopic (exact) mass is 262 g/mol. The summed E-state index contributed by atoms with van der Waals surface area (Å²) < 4.78 is 15.2. The van der Waals surface area contributed by atoms with E-state index >= 15 is 0 Å². The van der Waals surface area contributed by atoms with Crippen molar-refractivity contribution in [3.63, 3.8) is 0 Å². The molecule has 1 heterocycles. The summed E-state index contributed by atoms with van der Waals surface area (Å²) in [5.74, 6) is -0.0713. The van der Waals surface area contributed by atoms with Gasteiger partial charge >= 0.3 is 11.6 Å². The highest BCUT2D eigenvalue weighted by Crippen LogP contribution is 2.20. The van der Waals surface area contributed by atoms with E-state index in [1.54, 1.807) is 32.0 Å². The number of methoxy groups -OCH3 is 1. The third-order valence-electron chi connectivity index (χ3n) is 2.50. The molecule has 0 N–H and O–H groups in total. The summed E-state index contributed by atoms with van der Waals surface area (Å²) in [6.45, 7) is 3.42. The highest BCUT2D eigenvalue weighted by atomic mass is 16.5. The number of rotatable bonds is 3. The van der Waals surface area contributed by atoms with E-state index in [2.05, 4.69) is 0 Å². The zero-order valence-corrected chi connectivity index (χ0v) is 10.9. The Labute approximate surface area is 109 Å². The molecule has 5 nitrogen and oxygen atoms in total. The molecule has 19 heavy (non-hydrogen) atoms. The fourth-order valence-electron chi connectivity index (χ4n) is 1.65. The number of hydrogen-bond acceptors (Lipinski definition) is 5. The Morgan fingerprint density at radius 2 is 2.00 bits per heavy atom. The van der Waals surface area contributed by atoms with E-state index in [-0.39, 0.29) is 11.7 Å². The molecule has 0 aliphatic heterocycles. The van der Waals surface area contributed by atoms with Gasteiger partial charge in [0, 0.05) is 5.39 Å². The van der Waals surface area contributed by atoms with Crippen LogP contribution in [-0.2, 0) is 4.74 Å². The maximum absolute atomic E-state index is 11.8. The van der Waals surface area contributed by atoms with E-state index in [0.717, 1.165) is 0 Å². The maximum Gasteiger partial charge on any atom is 0.351 e. The molecule has 0 saturated carbocycles. The molecule has 0 unspecified atom stereocenters. The Bertz CT molecular complexity index is 669. The number of esters is 1. The normalized spacial score (nSPS) is 10.7. The van der Waals surface area contributed by atoms with Gasteiger partial charge in [-0.15, -0.1) is 0 Å². The van der Waals surface area contributed by atoms with Gasteiger partial charge in [-0.25, -0.2) is 9.59 Å². The largest absolute Gasteiger partial charge is 0.497 e. The summed E-state index contributed by atoms with van der Waals surface area (Å²) in [4.78, 5) is 23.5. The van der Waals surface area contributed by atoms with Crippen molar-refractivity contribution in [1.82, 2.24) is 0 Å². The van der Waals surface area contributed by atoms with Crippen molar-refractivity contribution in [3.05, 3.63) is 40.2 Å². The minimum Gasteiger partial charge on any atom is -0.497 e. The smallest absolute Gasteiger partial charge is 0.351 e. The Morgan fingerprint density at radius 3 is 2.63 bits per heavy atom. The highest BCUT2D eigenvalue weighted by molar-refractivity contribution is 5.93. The predicted molar refractivity (Wildman–Crippen MR) is 69.6 cm³/mol. The third-order valence-corrected chi connectivity index (χ3v) is 2.50. The Morgan fingerprint density at radius 1 is 1.26 bits per heavy atom. The summed E-state index contributed by atoms with van der Waals surface area (Å²) >= 11 is 0. The number of fused-ring (bicyclic) bond motifs is 1. The molecule has 0 atom stereocenters. The van der Waals surface area contributed by atoms with Crippen LogP contribution in [0.15, 0.2) is 33.5 Å². The SMILES string of the molecule is COc1ccc2oc(=O)c(C(=O)OC(C)C)cc2c1. The van der Waals surface area contributed by atoms with E-state index in [0.29, 0.717) is 16.7 Å². The molecule has 0 spiro atoms. The van der Waals surface area contributed by atoms with E-state index < -0.39 is 11.6 Å². The van der Waals surface area contributed by atoms with Gasteiger partial charge in [-0.3, -0.25) is 0 Å². The van der Waals surface area contributed by atoms with Gasteiger partial charge < -0.3 is 13.9 Å². The number of benzene rings is 1. The van der Waals surface area contributed by atoms with Crippen LogP contribution in [0.1, 0.15) is 24.2 Å². The summed E-state index contributed by atoms with van der Waals surface area (Å²) in [6.07, 6.45) is -0.298. The molecule has 0 bridgehead atoms. The van der Waals surface area contributed by atoms with Crippen LogP contribution < -0.4 is 10.4 Å². The van der Waals surface area contributed by atoms with Crippen molar-refractivity contribution in [1.29, 1.82) is 0 Å². The van der Waals surface area contributed by atoms with Crippen molar-refractivity contribution in [2.45, 2.75) is 20.0 Å². The van der Waals surface area contributed by atoms with Crippen molar-refractivity contribution < 1.29 is 18.7 Å². The summed E-state index contributed by atoms with van der Waals surface area (Å²) in [6, 6.07) is 6.43. The second-order valence-corrected chi connectivity index (χ2v) is 4.31. The molecular weight excluding hydrogens is 248 g/mol. The first-order valence-corrected chi connectivity index (χ1v) is 5.84. The zero-order chi connectivity index (χ0) is 14.0. The second kappa shape index (κ2) is 5.14. The predicted octanol–water partition coefficient (Wildman–Crippen LogP) is 2.37. The molecule has 0 radical (unpaired) electrons. The number of carbonyl (C=O) groups excluding carboxylic acids is 1. The van der Waals surface area contributed by atoms with Crippen molar-refractivity contribution in [2.75, 3.05) is 7.11 Å². The number of carbonyl (C=O) groups is 1. The average molecular weight is 262 g/mol. The van der Waals surface area contributed by atoms with Gasteiger partial charge in [-0.1, -0.05) is 0 Å². The molecule has 1 aromatic carbocycles. The maximum atomic E-state index is 11.8. The fraction of sp³-hybridized carbons (Fsp3) is 0.286. The lowest BCUT2D eigenvalue weighted by Crippen LogP contribution is -2.19. The lowest BCUT2D eigenvalue weighted by Gasteiger charge is -2.07. The van der Waals surface area contributed by atoms with E-state index in [1.807, 2.05) is 0 Å². The third kappa shape index (κ3) is 2.76. The molecule has 2 aromatic rings. The molecule has 0 amide bonds. The summed E-state index contributed by atoms with van der Waals surface area (Å²) in [7, 11) is 1.54. The molecule has 100 valence electrons. The first kappa shape index (κ1) is 13.1. The van der Waals surface area contributed by atoms with Crippen LogP contribution in [0.25, 0.3) is 11.0 Å². The second-order valence-electron chi connectivity index (χ2n) is 4.31. The van der Waals surface area contributed by atoms with Crippen LogP contribution in [0.4, 0.5) is 0 Å². The standard InChI is InChI=1S/C14H14O5/c1-8(2)18-13(15)11-7-9-6-10(17-3)4-5-12(9)19-14(11)16/h4-8H,1-3H3. The fourth-order valence-corrected chi connectivity index (χ4v) is 1.65. The van der Waals surface area contributed by atoms with E-state index in [9.17, 15) is 9.59 Å². The first-order chi connectivity index (χ1) is 9.01. The minimum atomic E-state index is -0.705. The van der Waals surface area contributed by atoms with Crippen LogP contribution in [0.5, 0.6) is 5.75 Å². The highest BCUT2D eigenvalue weighted by Gasteiger charge is 2.16. The van der Waals surface area contributed by atoms with Gasteiger partial charge in [-0.2, -0.15) is 0 Å². The molecule has 0 saturated heterocycles. The number of ether oxygens (including phenoxy) is 2. The van der Waals surface area contributed by atoms with E-state index in [1.165, 1.54) is 13.2 Å². The molecule has 0 aliphatic carbocycles. The van der Waals surface area contributed by atoms with Gasteiger partial charge in [0.05, 0.1) is 13.2 Å². The average Bonchev–Trinajstić information content (AvgIpc) is 2.36. The molecule has 0 fully saturated rings. The Kier molecular flexibility index (Phi) is 3.55. The molecule has 1 aromatic heterocycles. The molecule has 5 heteroatoms. The Balaban J connectivity index is 2.53. The van der Waals surface area contributed by atoms with Crippen LogP contribution in [0, 0.1) is 0 Å². The van der Waals surface area contributed by atoms with Crippen molar-refractivity contribution in [2.24, 2.45) is 0 Å². The van der Waals surface area contributed by atoms with Crippen LogP contribution in [0.2, 0.25) is 0 Å². The van der Waals surface area contributed by atoms with Crippen molar-refractivity contribution >= 4 is 16.9 Å². The van der Waals surface area contributed by atoms with Crippen LogP contribution in [0.3, 0.4) is 0 Å². The first-order valence-electron chi connectivity index (χ1n) is 5.84. The number of hydrogen-bond donors (Lipinski definition) is 0. The molecule has 2 rings (SSSR count). The lowest BCUT2D eigenvalue weighted by atomic mass is 10.2. The minimum absolute atomic E-state index is 0.116. The van der Waals surface area contributed by atoms with Crippen LogP contribution in [-0.4, -0.2) is 19.2 Å². The molecular formula is C14H14O5. The summed E-state index contributed by atoms with van der Waals surface area (Å²) in [5, 5.41) is 0.606. The van der Waals surface area contributed by atoms with Gasteiger partial charge in [0.1, 0.15) is 16.9 Å². The summed E-state index contributed by atoms with van der Waals surface area (Å²) in [5.41, 5.74) is -0.426. The van der Waals surface area contributed by atoms with Crippen molar-refractivity contribution in [3.8, 4) is 5.75 Å². The molecule has 0 aliphatic rings. The van der Waals surface area contributed by atoms with Gasteiger partial charge in [-0.05, 0) is 38.1 Å².